The minimum absolute atomic E-state index is 0.00473. The zero-order valence-electron chi connectivity index (χ0n) is 20.2. The number of aromatic nitrogens is 4. The predicted molar refractivity (Wildman–Crippen MR) is 136 cm³/mol. The number of rotatable bonds is 7. The number of benzene rings is 1. The fourth-order valence-electron chi connectivity index (χ4n) is 5.63. The number of fused-ring (bicyclic) bond motifs is 1. The molecule has 0 spiro atoms. The molecule has 2 fully saturated rings. The number of nitrogens with zero attached hydrogens (tertiary/aromatic N) is 4. The van der Waals surface area contributed by atoms with E-state index in [0.29, 0.717) is 17.9 Å². The van der Waals surface area contributed by atoms with Gasteiger partial charge >= 0.3 is 0 Å². The van der Waals surface area contributed by atoms with Crippen molar-refractivity contribution in [1.82, 2.24) is 25.5 Å². The van der Waals surface area contributed by atoms with Crippen LogP contribution in [0.5, 0.6) is 0 Å². The monoisotopic (exact) mass is 471 g/mol. The Hall–Kier alpha value is -3.42. The van der Waals surface area contributed by atoms with E-state index in [1.807, 2.05) is 12.1 Å². The Labute approximate surface area is 205 Å². The SMILES string of the molecule is CN(c1nccc(Nc2cc(C3CC3)[nH]n2)n1)C1CCC(NC(=O)C2CCc3ccccc32)CC1. The van der Waals surface area contributed by atoms with E-state index in [2.05, 4.69) is 62.0 Å². The largest absolute Gasteiger partial charge is 0.353 e. The normalized spacial score (nSPS) is 23.5. The molecule has 1 aromatic carbocycles. The van der Waals surface area contributed by atoms with Crippen LogP contribution in [0.3, 0.4) is 0 Å². The number of carbonyl (C=O) groups is 1. The van der Waals surface area contributed by atoms with E-state index in [4.69, 9.17) is 4.98 Å². The van der Waals surface area contributed by atoms with Gasteiger partial charge < -0.3 is 15.5 Å². The maximum Gasteiger partial charge on any atom is 0.227 e. The highest BCUT2D eigenvalue weighted by Gasteiger charge is 2.32. The number of H-pyrrole nitrogens is 1. The lowest BCUT2D eigenvalue weighted by atomic mass is 9.89. The molecule has 1 amide bonds. The Morgan fingerprint density at radius 3 is 2.69 bits per heavy atom. The van der Waals surface area contributed by atoms with Gasteiger partial charge in [0.25, 0.3) is 0 Å². The van der Waals surface area contributed by atoms with E-state index < -0.39 is 0 Å². The van der Waals surface area contributed by atoms with Crippen LogP contribution < -0.4 is 15.5 Å². The fraction of sp³-hybridized carbons (Fsp3) is 0.481. The van der Waals surface area contributed by atoms with E-state index in [-0.39, 0.29) is 17.9 Å². The molecule has 0 aliphatic heterocycles. The van der Waals surface area contributed by atoms with Crippen LogP contribution in [-0.2, 0) is 11.2 Å². The van der Waals surface area contributed by atoms with Crippen molar-refractivity contribution in [3.63, 3.8) is 0 Å². The molecular weight excluding hydrogens is 438 g/mol. The van der Waals surface area contributed by atoms with Crippen LogP contribution in [0.2, 0.25) is 0 Å². The molecule has 8 nitrogen and oxygen atoms in total. The number of nitrogens with one attached hydrogen (secondary N) is 3. The average molecular weight is 472 g/mol. The molecule has 2 heterocycles. The van der Waals surface area contributed by atoms with Crippen molar-refractivity contribution in [1.29, 1.82) is 0 Å². The van der Waals surface area contributed by atoms with Crippen molar-refractivity contribution in [3.8, 4) is 0 Å². The average Bonchev–Trinajstić information content (AvgIpc) is 3.48. The zero-order chi connectivity index (χ0) is 23.8. The first-order chi connectivity index (χ1) is 17.1. The predicted octanol–water partition coefficient (Wildman–Crippen LogP) is 4.41. The van der Waals surface area contributed by atoms with Crippen LogP contribution >= 0.6 is 0 Å². The summed E-state index contributed by atoms with van der Waals surface area (Å²) in [6.45, 7) is 0. The van der Waals surface area contributed by atoms with Gasteiger partial charge in [0.2, 0.25) is 11.9 Å². The molecule has 2 aromatic heterocycles. The van der Waals surface area contributed by atoms with Crippen LogP contribution in [-0.4, -0.2) is 45.2 Å². The minimum Gasteiger partial charge on any atom is -0.353 e. The number of amides is 1. The van der Waals surface area contributed by atoms with E-state index in [1.165, 1.54) is 29.7 Å². The van der Waals surface area contributed by atoms with Gasteiger partial charge in [0.1, 0.15) is 5.82 Å². The molecule has 3 aliphatic carbocycles. The molecule has 3 N–H and O–H groups in total. The Kier molecular flexibility index (Phi) is 5.88. The number of carbonyl (C=O) groups excluding carboxylic acids is 1. The summed E-state index contributed by atoms with van der Waals surface area (Å²) in [5.74, 6) is 3.08. The second kappa shape index (κ2) is 9.32. The summed E-state index contributed by atoms with van der Waals surface area (Å²) in [5, 5.41) is 14.1. The first-order valence-corrected chi connectivity index (χ1v) is 12.9. The van der Waals surface area contributed by atoms with Gasteiger partial charge in [-0.3, -0.25) is 9.89 Å². The van der Waals surface area contributed by atoms with Crippen LogP contribution in [0.4, 0.5) is 17.6 Å². The molecular formula is C27H33N7O. The van der Waals surface area contributed by atoms with Crippen LogP contribution in [0.25, 0.3) is 0 Å². The van der Waals surface area contributed by atoms with Gasteiger partial charge in [-0.2, -0.15) is 10.1 Å². The second-order valence-electron chi connectivity index (χ2n) is 10.3. The summed E-state index contributed by atoms with van der Waals surface area (Å²) in [7, 11) is 2.07. The standard InChI is InChI=1S/C27H33N7O/c1-34(27-28-15-14-24(31-27)30-25-16-23(32-33-25)18-6-7-18)20-11-9-19(10-12-20)29-26(35)22-13-8-17-4-2-3-5-21(17)22/h2-5,14-16,18-20,22H,6-13H2,1H3,(H,29,35)(H2,28,30,31,32,33). The lowest BCUT2D eigenvalue weighted by Crippen LogP contribution is -2.44. The molecule has 0 radical (unpaired) electrons. The zero-order valence-corrected chi connectivity index (χ0v) is 20.2. The van der Waals surface area contributed by atoms with Crippen LogP contribution in [0, 0.1) is 0 Å². The molecule has 35 heavy (non-hydrogen) atoms. The topological polar surface area (TPSA) is 98.8 Å². The number of anilines is 3. The quantitative estimate of drug-likeness (QED) is 0.472. The molecule has 1 unspecified atom stereocenters. The minimum atomic E-state index is 0.00473. The van der Waals surface area contributed by atoms with Crippen molar-refractivity contribution in [2.75, 3.05) is 17.3 Å². The van der Waals surface area contributed by atoms with Crippen molar-refractivity contribution in [3.05, 3.63) is 59.4 Å². The van der Waals surface area contributed by atoms with E-state index in [9.17, 15) is 4.79 Å². The molecule has 0 saturated heterocycles. The Balaban J connectivity index is 1.03. The molecule has 1 atom stereocenters. The summed E-state index contributed by atoms with van der Waals surface area (Å²) >= 11 is 0. The van der Waals surface area contributed by atoms with Gasteiger partial charge in [-0.15, -0.1) is 0 Å². The number of aryl methyl sites for hydroxylation is 1. The van der Waals surface area contributed by atoms with Gasteiger partial charge in [-0.25, -0.2) is 4.98 Å². The van der Waals surface area contributed by atoms with Gasteiger partial charge in [0, 0.05) is 43.0 Å². The first-order valence-electron chi connectivity index (χ1n) is 12.9. The fourth-order valence-corrected chi connectivity index (χ4v) is 5.63. The highest BCUT2D eigenvalue weighted by molar-refractivity contribution is 5.85. The summed E-state index contributed by atoms with van der Waals surface area (Å²) < 4.78 is 0. The van der Waals surface area contributed by atoms with Gasteiger partial charge in [-0.1, -0.05) is 24.3 Å². The third kappa shape index (κ3) is 4.74. The maximum atomic E-state index is 13.0. The van der Waals surface area contributed by atoms with Crippen molar-refractivity contribution in [2.24, 2.45) is 0 Å². The van der Waals surface area contributed by atoms with E-state index in [1.54, 1.807) is 6.20 Å². The molecule has 8 heteroatoms. The second-order valence-corrected chi connectivity index (χ2v) is 10.3. The third-order valence-electron chi connectivity index (χ3n) is 7.87. The van der Waals surface area contributed by atoms with Crippen molar-refractivity contribution < 1.29 is 4.79 Å². The van der Waals surface area contributed by atoms with Crippen LogP contribution in [0.15, 0.2) is 42.6 Å². The van der Waals surface area contributed by atoms with Gasteiger partial charge in [0.15, 0.2) is 5.82 Å². The van der Waals surface area contributed by atoms with E-state index >= 15 is 0 Å². The molecule has 2 saturated carbocycles. The number of aromatic amines is 1. The number of hydrogen-bond donors (Lipinski definition) is 3. The van der Waals surface area contributed by atoms with E-state index in [0.717, 1.165) is 50.2 Å². The summed E-state index contributed by atoms with van der Waals surface area (Å²) in [5.41, 5.74) is 3.73. The maximum absolute atomic E-state index is 13.0. The lowest BCUT2D eigenvalue weighted by Gasteiger charge is -2.35. The molecule has 6 rings (SSSR count). The summed E-state index contributed by atoms with van der Waals surface area (Å²) in [6.07, 6.45) is 10.2. The smallest absolute Gasteiger partial charge is 0.227 e. The molecule has 0 bridgehead atoms. The third-order valence-corrected chi connectivity index (χ3v) is 7.87. The highest BCUT2D eigenvalue weighted by atomic mass is 16.2. The lowest BCUT2D eigenvalue weighted by molar-refractivity contribution is -0.123. The molecule has 3 aromatic rings. The molecule has 3 aliphatic rings. The molecule has 182 valence electrons. The first kappa shape index (κ1) is 22.1. The Morgan fingerprint density at radius 2 is 1.86 bits per heavy atom. The number of hydrogen-bond acceptors (Lipinski definition) is 6. The highest BCUT2D eigenvalue weighted by Crippen LogP contribution is 2.39. The summed E-state index contributed by atoms with van der Waals surface area (Å²) in [6, 6.07) is 12.9. The Morgan fingerprint density at radius 1 is 1.03 bits per heavy atom. The van der Waals surface area contributed by atoms with Crippen molar-refractivity contribution in [2.45, 2.75) is 75.3 Å². The van der Waals surface area contributed by atoms with Gasteiger partial charge in [-0.05, 0) is 68.6 Å². The summed E-state index contributed by atoms with van der Waals surface area (Å²) in [4.78, 5) is 24.4. The van der Waals surface area contributed by atoms with Crippen LogP contribution in [0.1, 0.15) is 73.6 Å². The van der Waals surface area contributed by atoms with Gasteiger partial charge in [0.05, 0.1) is 5.92 Å². The van der Waals surface area contributed by atoms with Crippen molar-refractivity contribution >= 4 is 23.5 Å². The Bertz CT molecular complexity index is 1200.